The number of ketones is 2. The smallest absolute Gasteiger partial charge is 0.262 e. The highest BCUT2D eigenvalue weighted by molar-refractivity contribution is 6.37. The Morgan fingerprint density at radius 3 is 1.98 bits per heavy atom. The second kappa shape index (κ2) is 10.4. The monoisotopic (exact) mass is 580 g/mol. The van der Waals surface area contributed by atoms with Crippen molar-refractivity contribution in [2.75, 3.05) is 11.9 Å². The number of para-hydroxylation sites is 1. The van der Waals surface area contributed by atoms with E-state index in [9.17, 15) is 14.4 Å². The van der Waals surface area contributed by atoms with E-state index in [1.165, 1.54) is 0 Å². The predicted molar refractivity (Wildman–Crippen MR) is 158 cm³/mol. The van der Waals surface area contributed by atoms with E-state index >= 15 is 0 Å². The second-order valence-corrected chi connectivity index (χ2v) is 13.5. The van der Waals surface area contributed by atoms with Crippen LogP contribution in [0.1, 0.15) is 70.4 Å². The summed E-state index contributed by atoms with van der Waals surface area (Å²) >= 11 is 13.4. The van der Waals surface area contributed by atoms with Gasteiger partial charge in [0.15, 0.2) is 23.9 Å². The van der Waals surface area contributed by atoms with Crippen molar-refractivity contribution in [1.82, 2.24) is 5.32 Å². The van der Waals surface area contributed by atoms with E-state index in [0.717, 1.165) is 17.0 Å². The zero-order chi connectivity index (χ0) is 29.0. The molecule has 8 heteroatoms. The first-order valence-electron chi connectivity index (χ1n) is 13.5. The number of hydrogen-bond donors (Lipinski definition) is 2. The molecule has 2 aliphatic carbocycles. The normalized spacial score (nSPS) is 20.1. The van der Waals surface area contributed by atoms with Gasteiger partial charge in [-0.3, -0.25) is 14.4 Å². The highest BCUT2D eigenvalue weighted by atomic mass is 35.5. The third-order valence-electron chi connectivity index (χ3n) is 7.84. The number of aryl methyl sites for hydroxylation is 1. The molecule has 2 aromatic carbocycles. The molecule has 0 spiro atoms. The molecule has 1 heterocycles. The summed E-state index contributed by atoms with van der Waals surface area (Å²) in [5.41, 5.74) is 4.89. The zero-order valence-electron chi connectivity index (χ0n) is 23.5. The molecule has 3 aliphatic rings. The molecule has 210 valence electrons. The van der Waals surface area contributed by atoms with Crippen LogP contribution >= 0.6 is 23.2 Å². The van der Waals surface area contributed by atoms with Crippen molar-refractivity contribution < 1.29 is 19.1 Å². The molecule has 0 aromatic heterocycles. The Labute approximate surface area is 245 Å². The van der Waals surface area contributed by atoms with Gasteiger partial charge in [-0.15, -0.1) is 0 Å². The van der Waals surface area contributed by atoms with Crippen molar-refractivity contribution in [3.05, 3.63) is 80.1 Å². The Hall–Kier alpha value is -3.09. The number of Topliss-reactive ketones (excluding diaryl/α,β-unsaturated/α-hetero) is 2. The van der Waals surface area contributed by atoms with Gasteiger partial charge in [0.05, 0.1) is 10.0 Å². The van der Waals surface area contributed by atoms with Crippen LogP contribution in [0.2, 0.25) is 10.0 Å². The maximum Gasteiger partial charge on any atom is 0.262 e. The Bertz CT molecular complexity index is 1430. The third kappa shape index (κ3) is 5.57. The molecule has 40 heavy (non-hydrogen) atoms. The topological polar surface area (TPSA) is 84.5 Å². The van der Waals surface area contributed by atoms with Crippen molar-refractivity contribution in [1.29, 1.82) is 0 Å². The lowest BCUT2D eigenvalue weighted by molar-refractivity contribution is -0.119. The van der Waals surface area contributed by atoms with Gasteiger partial charge in [0, 0.05) is 47.0 Å². The van der Waals surface area contributed by atoms with E-state index in [1.807, 2.05) is 31.2 Å². The number of halogens is 2. The van der Waals surface area contributed by atoms with Crippen LogP contribution < -0.4 is 15.4 Å². The lowest BCUT2D eigenvalue weighted by Gasteiger charge is -2.44. The largest absolute Gasteiger partial charge is 0.481 e. The fourth-order valence-electron chi connectivity index (χ4n) is 6.14. The predicted octanol–water partition coefficient (Wildman–Crippen LogP) is 7.29. The number of dihydropyridines is 1. The van der Waals surface area contributed by atoms with Crippen LogP contribution in [0.5, 0.6) is 5.75 Å². The number of ether oxygens (including phenoxy) is 1. The average molecular weight is 582 g/mol. The highest BCUT2D eigenvalue weighted by Gasteiger charge is 2.46. The van der Waals surface area contributed by atoms with E-state index in [2.05, 4.69) is 38.3 Å². The number of hydrogen-bond acceptors (Lipinski definition) is 5. The van der Waals surface area contributed by atoms with Gasteiger partial charge in [-0.05, 0) is 59.9 Å². The van der Waals surface area contributed by atoms with Crippen LogP contribution in [0.15, 0.2) is 58.9 Å². The van der Waals surface area contributed by atoms with Crippen LogP contribution in [0.25, 0.3) is 0 Å². The van der Waals surface area contributed by atoms with Crippen LogP contribution in [0.3, 0.4) is 0 Å². The molecule has 0 bridgehead atoms. The van der Waals surface area contributed by atoms with Gasteiger partial charge < -0.3 is 15.4 Å². The van der Waals surface area contributed by atoms with E-state index in [1.54, 1.807) is 12.1 Å². The Balaban J connectivity index is 1.48. The quantitative estimate of drug-likeness (QED) is 0.387. The van der Waals surface area contributed by atoms with Gasteiger partial charge in [0.2, 0.25) is 0 Å². The van der Waals surface area contributed by atoms with E-state index in [0.29, 0.717) is 48.1 Å². The highest BCUT2D eigenvalue weighted by Crippen LogP contribution is 2.52. The van der Waals surface area contributed by atoms with Crippen molar-refractivity contribution in [2.24, 2.45) is 10.8 Å². The van der Waals surface area contributed by atoms with Gasteiger partial charge in [-0.2, -0.15) is 0 Å². The molecule has 0 radical (unpaired) electrons. The second-order valence-electron chi connectivity index (χ2n) is 12.7. The van der Waals surface area contributed by atoms with Gasteiger partial charge in [-0.25, -0.2) is 0 Å². The molecule has 2 aromatic rings. The standard InChI is InChI=1S/C32H34Cl2N2O4/c1-17-8-6-7-9-21(17)36-26(39)16-40-30-19(33)10-18(11-20(30)34)27-28-22(12-31(2,3)14-24(28)37)35-23-13-32(4,5)15-25(38)29(23)27/h6-11,27,35H,12-16H2,1-5H3,(H,36,39). The molecule has 1 aliphatic heterocycles. The minimum atomic E-state index is -0.563. The van der Waals surface area contributed by atoms with E-state index in [4.69, 9.17) is 27.9 Å². The molecule has 0 unspecified atom stereocenters. The molecule has 2 N–H and O–H groups in total. The summed E-state index contributed by atoms with van der Waals surface area (Å²) in [5, 5.41) is 6.75. The number of carbonyl (C=O) groups excluding carboxylic acids is 3. The van der Waals surface area contributed by atoms with Crippen molar-refractivity contribution in [3.8, 4) is 5.75 Å². The van der Waals surface area contributed by atoms with Gasteiger partial charge in [-0.1, -0.05) is 69.1 Å². The SMILES string of the molecule is Cc1ccccc1NC(=O)COc1c(Cl)cc(C2C3=C(CC(C)(C)CC3=O)NC3=C2C(=O)CC(C)(C)C3)cc1Cl. The van der Waals surface area contributed by atoms with Gasteiger partial charge in [0.1, 0.15) is 0 Å². The molecular formula is C32H34Cl2N2O4. The first-order valence-corrected chi connectivity index (χ1v) is 14.3. The fourth-order valence-corrected chi connectivity index (χ4v) is 6.76. The number of anilines is 1. The van der Waals surface area contributed by atoms with Crippen LogP contribution in [0, 0.1) is 17.8 Å². The molecule has 5 rings (SSSR count). The lowest BCUT2D eigenvalue weighted by Crippen LogP contribution is -2.42. The molecule has 6 nitrogen and oxygen atoms in total. The molecule has 0 saturated carbocycles. The molecule has 0 saturated heterocycles. The molecule has 0 fully saturated rings. The summed E-state index contributed by atoms with van der Waals surface area (Å²) in [5.74, 6) is -0.690. The van der Waals surface area contributed by atoms with Crippen molar-refractivity contribution in [2.45, 2.75) is 66.2 Å². The Morgan fingerprint density at radius 1 is 0.925 bits per heavy atom. The summed E-state index contributed by atoms with van der Waals surface area (Å²) < 4.78 is 5.75. The minimum Gasteiger partial charge on any atom is -0.481 e. The molecular weight excluding hydrogens is 547 g/mol. The summed E-state index contributed by atoms with van der Waals surface area (Å²) in [6.45, 7) is 9.95. The minimum absolute atomic E-state index is 0.0216. The summed E-state index contributed by atoms with van der Waals surface area (Å²) in [6.07, 6.45) is 2.19. The fraction of sp³-hybridized carbons (Fsp3) is 0.406. The van der Waals surface area contributed by atoms with Crippen LogP contribution in [0.4, 0.5) is 5.69 Å². The first-order chi connectivity index (χ1) is 18.7. The van der Waals surface area contributed by atoms with Crippen molar-refractivity contribution in [3.63, 3.8) is 0 Å². The van der Waals surface area contributed by atoms with Crippen LogP contribution in [-0.4, -0.2) is 24.1 Å². The first kappa shape index (κ1) is 28.4. The number of amides is 1. The van der Waals surface area contributed by atoms with E-state index < -0.39 is 5.92 Å². The Kier molecular flexibility index (Phi) is 7.38. The Morgan fingerprint density at radius 2 is 1.45 bits per heavy atom. The lowest BCUT2D eigenvalue weighted by atomic mass is 9.64. The number of allylic oxidation sites excluding steroid dienone is 4. The molecule has 1 amide bonds. The van der Waals surface area contributed by atoms with Crippen molar-refractivity contribution >= 4 is 46.4 Å². The summed E-state index contributed by atoms with van der Waals surface area (Å²) in [4.78, 5) is 39.7. The number of nitrogens with one attached hydrogen (secondary N) is 2. The number of benzene rings is 2. The van der Waals surface area contributed by atoms with Gasteiger partial charge >= 0.3 is 0 Å². The van der Waals surface area contributed by atoms with Gasteiger partial charge in [0.25, 0.3) is 5.91 Å². The van der Waals surface area contributed by atoms with Crippen LogP contribution in [-0.2, 0) is 14.4 Å². The number of carbonyl (C=O) groups is 3. The average Bonchev–Trinajstić information content (AvgIpc) is 2.82. The van der Waals surface area contributed by atoms with E-state index in [-0.39, 0.29) is 50.7 Å². The number of rotatable bonds is 5. The maximum absolute atomic E-state index is 13.6. The third-order valence-corrected chi connectivity index (χ3v) is 8.40. The summed E-state index contributed by atoms with van der Waals surface area (Å²) in [7, 11) is 0. The maximum atomic E-state index is 13.6. The molecule has 0 atom stereocenters. The summed E-state index contributed by atoms with van der Waals surface area (Å²) in [6, 6.07) is 10.9. The zero-order valence-corrected chi connectivity index (χ0v) is 25.0.